The third-order valence-electron chi connectivity index (χ3n) is 2.87. The zero-order valence-electron chi connectivity index (χ0n) is 9.31. The molecule has 0 amide bonds. The Bertz CT molecular complexity index is 482. The molecule has 0 saturated heterocycles. The van der Waals surface area contributed by atoms with Crippen molar-refractivity contribution in [2.45, 2.75) is 25.4 Å². The van der Waals surface area contributed by atoms with Crippen LogP contribution in [0.25, 0.3) is 10.6 Å². The highest BCUT2D eigenvalue weighted by Gasteiger charge is 2.20. The van der Waals surface area contributed by atoms with E-state index in [9.17, 15) is 0 Å². The Balaban J connectivity index is 1.74. The molecule has 0 unspecified atom stereocenters. The van der Waals surface area contributed by atoms with E-state index in [0.717, 1.165) is 12.6 Å². The van der Waals surface area contributed by atoms with Crippen LogP contribution < -0.4 is 5.32 Å². The molecule has 84 valence electrons. The number of hydrogen-bond donors (Lipinski definition) is 1. The monoisotopic (exact) mass is 233 g/mol. The second kappa shape index (κ2) is 4.03. The lowest BCUT2D eigenvalue weighted by Gasteiger charge is -1.98. The summed E-state index contributed by atoms with van der Waals surface area (Å²) in [5.41, 5.74) is 1.25. The predicted molar refractivity (Wildman–Crippen MR) is 66.4 cm³/mol. The van der Waals surface area contributed by atoms with Crippen LogP contribution in [0, 0.1) is 0 Å². The summed E-state index contributed by atoms with van der Waals surface area (Å²) in [5.74, 6) is 0. The maximum Gasteiger partial charge on any atom is 0.107 e. The van der Waals surface area contributed by atoms with Crippen LogP contribution in [0.3, 0.4) is 0 Å². The van der Waals surface area contributed by atoms with Gasteiger partial charge in [-0.1, -0.05) is 0 Å². The lowest BCUT2D eigenvalue weighted by Crippen LogP contribution is -2.14. The topological polar surface area (TPSA) is 29.9 Å². The number of aromatic nitrogens is 2. The number of thiazole rings is 1. The van der Waals surface area contributed by atoms with Crippen molar-refractivity contribution in [3.8, 4) is 10.6 Å². The van der Waals surface area contributed by atoms with Crippen molar-refractivity contribution in [3.63, 3.8) is 0 Å². The van der Waals surface area contributed by atoms with Crippen molar-refractivity contribution in [1.82, 2.24) is 14.9 Å². The van der Waals surface area contributed by atoms with Crippen molar-refractivity contribution in [2.24, 2.45) is 7.05 Å². The van der Waals surface area contributed by atoms with Crippen LogP contribution in [0.1, 0.15) is 17.8 Å². The molecule has 2 aromatic rings. The average molecular weight is 233 g/mol. The summed E-state index contributed by atoms with van der Waals surface area (Å²) in [5, 5.41) is 4.67. The molecule has 1 aliphatic rings. The van der Waals surface area contributed by atoms with Gasteiger partial charge in [0.15, 0.2) is 0 Å². The number of rotatable bonds is 4. The molecular formula is C12H15N3S. The first-order chi connectivity index (χ1) is 7.83. The molecule has 1 saturated carbocycles. The first-order valence-corrected chi connectivity index (χ1v) is 6.44. The molecule has 1 N–H and O–H groups in total. The molecule has 0 bridgehead atoms. The molecule has 0 aromatic carbocycles. The summed E-state index contributed by atoms with van der Waals surface area (Å²) < 4.78 is 2.13. The number of hydrogen-bond acceptors (Lipinski definition) is 3. The predicted octanol–water partition coefficient (Wildman–Crippen LogP) is 2.40. The van der Waals surface area contributed by atoms with E-state index in [1.807, 2.05) is 6.20 Å². The molecule has 3 nitrogen and oxygen atoms in total. The Labute approximate surface area is 99.1 Å². The third-order valence-corrected chi connectivity index (χ3v) is 3.89. The lowest BCUT2D eigenvalue weighted by molar-refractivity contribution is 0.684. The molecular weight excluding hydrogens is 218 g/mol. The fourth-order valence-corrected chi connectivity index (χ4v) is 2.68. The van der Waals surface area contributed by atoms with E-state index >= 15 is 0 Å². The smallest absolute Gasteiger partial charge is 0.107 e. The zero-order valence-corrected chi connectivity index (χ0v) is 10.1. The molecule has 2 heterocycles. The molecule has 0 aliphatic heterocycles. The van der Waals surface area contributed by atoms with Gasteiger partial charge in [-0.05, 0) is 25.0 Å². The van der Waals surface area contributed by atoms with Gasteiger partial charge in [0.1, 0.15) is 5.01 Å². The number of aryl methyl sites for hydroxylation is 1. The lowest BCUT2D eigenvalue weighted by atomic mass is 10.4. The van der Waals surface area contributed by atoms with Crippen LogP contribution in [0.4, 0.5) is 0 Å². The highest BCUT2D eigenvalue weighted by Crippen LogP contribution is 2.26. The maximum absolute atomic E-state index is 4.46. The Hall–Kier alpha value is -1.13. The van der Waals surface area contributed by atoms with E-state index in [1.165, 1.54) is 28.4 Å². The number of nitrogens with zero attached hydrogens (tertiary/aromatic N) is 2. The quantitative estimate of drug-likeness (QED) is 0.879. The van der Waals surface area contributed by atoms with Crippen LogP contribution in [-0.2, 0) is 13.6 Å². The summed E-state index contributed by atoms with van der Waals surface area (Å²) in [6.45, 7) is 0.916. The van der Waals surface area contributed by atoms with Gasteiger partial charge >= 0.3 is 0 Å². The van der Waals surface area contributed by atoms with Crippen LogP contribution in [0.15, 0.2) is 24.5 Å². The van der Waals surface area contributed by atoms with E-state index in [1.54, 1.807) is 11.3 Å². The van der Waals surface area contributed by atoms with Crippen molar-refractivity contribution in [2.75, 3.05) is 0 Å². The third kappa shape index (κ3) is 2.03. The molecule has 1 aliphatic carbocycles. The van der Waals surface area contributed by atoms with Crippen LogP contribution >= 0.6 is 11.3 Å². The van der Waals surface area contributed by atoms with E-state index in [-0.39, 0.29) is 0 Å². The molecule has 0 atom stereocenters. The SMILES string of the molecule is Cn1cccc1-c1cnc(CNC2CC2)s1. The Morgan fingerprint density at radius 2 is 2.44 bits per heavy atom. The summed E-state index contributed by atoms with van der Waals surface area (Å²) in [7, 11) is 2.07. The molecule has 3 rings (SSSR count). The number of nitrogens with one attached hydrogen (secondary N) is 1. The molecule has 16 heavy (non-hydrogen) atoms. The highest BCUT2D eigenvalue weighted by atomic mass is 32.1. The summed E-state index contributed by atoms with van der Waals surface area (Å²) >= 11 is 1.78. The summed E-state index contributed by atoms with van der Waals surface area (Å²) in [6, 6.07) is 4.95. The van der Waals surface area contributed by atoms with Crippen LogP contribution in [-0.4, -0.2) is 15.6 Å². The van der Waals surface area contributed by atoms with Crippen molar-refractivity contribution in [1.29, 1.82) is 0 Å². The Morgan fingerprint density at radius 3 is 3.12 bits per heavy atom. The molecule has 1 fully saturated rings. The van der Waals surface area contributed by atoms with Gasteiger partial charge in [0.2, 0.25) is 0 Å². The average Bonchev–Trinajstić information content (AvgIpc) is 2.82. The second-order valence-electron chi connectivity index (χ2n) is 4.28. The van der Waals surface area contributed by atoms with E-state index < -0.39 is 0 Å². The van der Waals surface area contributed by atoms with Gasteiger partial charge in [-0.25, -0.2) is 4.98 Å². The molecule has 4 heteroatoms. The fraction of sp³-hybridized carbons (Fsp3) is 0.417. The Kier molecular flexibility index (Phi) is 2.53. The van der Waals surface area contributed by atoms with Gasteiger partial charge in [-0.2, -0.15) is 0 Å². The summed E-state index contributed by atoms with van der Waals surface area (Å²) in [6.07, 6.45) is 6.70. The minimum absolute atomic E-state index is 0.752. The van der Waals surface area contributed by atoms with Crippen molar-refractivity contribution < 1.29 is 0 Å². The molecule has 0 radical (unpaired) electrons. The first kappa shape index (κ1) is 10.1. The van der Waals surface area contributed by atoms with Crippen LogP contribution in [0.5, 0.6) is 0 Å². The standard InChI is InChI=1S/C12H15N3S/c1-15-6-2-3-10(15)11-7-14-12(16-11)8-13-9-4-5-9/h2-3,6-7,9,13H,4-5,8H2,1H3. The van der Waals surface area contributed by atoms with E-state index in [2.05, 4.69) is 40.2 Å². The fourth-order valence-electron chi connectivity index (χ4n) is 1.75. The van der Waals surface area contributed by atoms with Crippen LogP contribution in [0.2, 0.25) is 0 Å². The van der Waals surface area contributed by atoms with Gasteiger partial charge in [0.05, 0.1) is 10.6 Å². The Morgan fingerprint density at radius 1 is 1.56 bits per heavy atom. The molecule has 0 spiro atoms. The molecule has 2 aromatic heterocycles. The van der Waals surface area contributed by atoms with E-state index in [0.29, 0.717) is 0 Å². The largest absolute Gasteiger partial charge is 0.350 e. The van der Waals surface area contributed by atoms with Crippen molar-refractivity contribution >= 4 is 11.3 Å². The van der Waals surface area contributed by atoms with Gasteiger partial charge in [0.25, 0.3) is 0 Å². The van der Waals surface area contributed by atoms with E-state index in [4.69, 9.17) is 0 Å². The van der Waals surface area contributed by atoms with Gasteiger partial charge in [-0.3, -0.25) is 0 Å². The zero-order chi connectivity index (χ0) is 11.0. The normalized spacial score (nSPS) is 15.6. The van der Waals surface area contributed by atoms with Gasteiger partial charge < -0.3 is 9.88 Å². The maximum atomic E-state index is 4.46. The first-order valence-electron chi connectivity index (χ1n) is 5.63. The van der Waals surface area contributed by atoms with Gasteiger partial charge in [0, 0.05) is 32.0 Å². The highest BCUT2D eigenvalue weighted by molar-refractivity contribution is 7.15. The minimum atomic E-state index is 0.752. The van der Waals surface area contributed by atoms with Gasteiger partial charge in [-0.15, -0.1) is 11.3 Å². The van der Waals surface area contributed by atoms with Crippen molar-refractivity contribution in [3.05, 3.63) is 29.5 Å². The summed E-state index contributed by atoms with van der Waals surface area (Å²) in [4.78, 5) is 5.71. The second-order valence-corrected chi connectivity index (χ2v) is 5.39. The minimum Gasteiger partial charge on any atom is -0.350 e.